The van der Waals surface area contributed by atoms with E-state index in [0.717, 1.165) is 6.42 Å². The van der Waals surface area contributed by atoms with Crippen molar-refractivity contribution in [3.8, 4) is 11.4 Å². The molecule has 0 aliphatic heterocycles. The molecule has 1 N–H and O–H groups in total. The Morgan fingerprint density at radius 3 is 2.64 bits per heavy atom. The normalized spacial score (nSPS) is 17.8. The molecule has 1 aliphatic rings. The highest BCUT2D eigenvalue weighted by atomic mass is 32.2. The second-order valence-electron chi connectivity index (χ2n) is 8.08. The molecule has 5 rings (SSSR count). The summed E-state index contributed by atoms with van der Waals surface area (Å²) in [7, 11) is -2.47. The maximum atomic E-state index is 15.0. The molecule has 0 amide bonds. The predicted octanol–water partition coefficient (Wildman–Crippen LogP) is 4.05. The zero-order valence-corrected chi connectivity index (χ0v) is 18.6. The first-order valence-corrected chi connectivity index (χ1v) is 11.7. The van der Waals surface area contributed by atoms with Crippen LogP contribution in [0, 0.1) is 11.7 Å². The number of pyridine rings is 1. The number of methoxy groups -OCH3 is 1. The van der Waals surface area contributed by atoms with Crippen molar-refractivity contribution in [3.63, 3.8) is 0 Å². The molecule has 1 fully saturated rings. The largest absolute Gasteiger partial charge is 0.495 e. The van der Waals surface area contributed by atoms with Crippen LogP contribution in [0.4, 0.5) is 10.2 Å². The molecule has 10 heteroatoms. The van der Waals surface area contributed by atoms with Crippen LogP contribution >= 0.6 is 0 Å². The van der Waals surface area contributed by atoms with Crippen LogP contribution in [0.1, 0.15) is 24.8 Å². The van der Waals surface area contributed by atoms with Crippen molar-refractivity contribution in [2.45, 2.75) is 24.2 Å². The Bertz CT molecular complexity index is 1530. The minimum absolute atomic E-state index is 0.0283. The predicted molar refractivity (Wildman–Crippen MR) is 120 cm³/mol. The van der Waals surface area contributed by atoms with E-state index in [2.05, 4.69) is 21.3 Å². The standard InChI is InChI=1S/C23H20FN3O5S/c1-13-9-16(13)17-11-21(31-2)20(12-18(17)24)27-19-5-4-15(10-14(19)3-6-23(27)28)33(29,30)26-22-7-8-32-25-22/h3-8,10-13,16H,9H2,1-2H3,(H,25,26)/t13-,16-/m0/s1. The number of hydrogen-bond acceptors (Lipinski definition) is 6. The summed E-state index contributed by atoms with van der Waals surface area (Å²) >= 11 is 0. The molecule has 8 nitrogen and oxygen atoms in total. The van der Waals surface area contributed by atoms with Gasteiger partial charge in [-0.3, -0.25) is 14.1 Å². The van der Waals surface area contributed by atoms with Gasteiger partial charge in [0.2, 0.25) is 0 Å². The maximum Gasteiger partial charge on any atom is 0.263 e. The molecule has 4 aromatic rings. The number of sulfonamides is 1. The van der Waals surface area contributed by atoms with Crippen molar-refractivity contribution in [2.24, 2.45) is 5.92 Å². The van der Waals surface area contributed by atoms with E-state index in [9.17, 15) is 17.6 Å². The van der Waals surface area contributed by atoms with Crippen molar-refractivity contribution >= 4 is 26.7 Å². The summed E-state index contributed by atoms with van der Waals surface area (Å²) < 4.78 is 54.2. The highest BCUT2D eigenvalue weighted by molar-refractivity contribution is 7.92. The molecule has 0 unspecified atom stereocenters. The summed E-state index contributed by atoms with van der Waals surface area (Å²) in [6.07, 6.45) is 2.16. The molecule has 1 aliphatic carbocycles. The third-order valence-corrected chi connectivity index (χ3v) is 7.25. The Morgan fingerprint density at radius 2 is 1.97 bits per heavy atom. The minimum atomic E-state index is -3.94. The highest BCUT2D eigenvalue weighted by Crippen LogP contribution is 2.49. The third kappa shape index (κ3) is 3.76. The van der Waals surface area contributed by atoms with E-state index in [-0.39, 0.29) is 22.3 Å². The number of anilines is 1. The summed E-state index contributed by atoms with van der Waals surface area (Å²) in [6.45, 7) is 2.06. The lowest BCUT2D eigenvalue weighted by Crippen LogP contribution is -2.19. The Balaban J connectivity index is 1.63. The molecule has 2 heterocycles. The number of rotatable bonds is 6. The van der Waals surface area contributed by atoms with Crippen LogP contribution in [0.3, 0.4) is 0 Å². The van der Waals surface area contributed by atoms with Gasteiger partial charge in [0.25, 0.3) is 15.6 Å². The molecular formula is C23H20FN3O5S. The lowest BCUT2D eigenvalue weighted by molar-refractivity contribution is 0.410. The summed E-state index contributed by atoms with van der Waals surface area (Å²) in [6, 6.07) is 11.4. The van der Waals surface area contributed by atoms with E-state index in [1.807, 2.05) is 0 Å². The quantitative estimate of drug-likeness (QED) is 0.457. The second-order valence-corrected chi connectivity index (χ2v) is 9.77. The van der Waals surface area contributed by atoms with Crippen molar-refractivity contribution in [2.75, 3.05) is 11.8 Å². The van der Waals surface area contributed by atoms with Crippen molar-refractivity contribution in [3.05, 3.63) is 76.5 Å². The molecule has 2 aromatic carbocycles. The van der Waals surface area contributed by atoms with Crippen LogP contribution in [-0.4, -0.2) is 25.3 Å². The fraction of sp³-hybridized carbons (Fsp3) is 0.217. The van der Waals surface area contributed by atoms with Crippen LogP contribution in [0.25, 0.3) is 16.6 Å². The van der Waals surface area contributed by atoms with Crippen molar-refractivity contribution < 1.29 is 22.1 Å². The monoisotopic (exact) mass is 469 g/mol. The van der Waals surface area contributed by atoms with Gasteiger partial charge in [0, 0.05) is 23.6 Å². The second kappa shape index (κ2) is 7.73. The summed E-state index contributed by atoms with van der Waals surface area (Å²) in [4.78, 5) is 12.8. The van der Waals surface area contributed by atoms with Gasteiger partial charge in [0.05, 0.1) is 23.2 Å². The molecule has 0 spiro atoms. The van der Waals surface area contributed by atoms with E-state index in [1.165, 1.54) is 60.4 Å². The number of aromatic nitrogens is 2. The van der Waals surface area contributed by atoms with Gasteiger partial charge in [0.1, 0.15) is 17.8 Å². The zero-order valence-electron chi connectivity index (χ0n) is 17.8. The molecule has 2 aromatic heterocycles. The summed E-state index contributed by atoms with van der Waals surface area (Å²) in [5.74, 6) is 0.554. The number of fused-ring (bicyclic) bond motifs is 1. The Labute approximate surface area is 188 Å². The Kier molecular flexibility index (Phi) is 4.97. The van der Waals surface area contributed by atoms with E-state index < -0.39 is 21.4 Å². The fourth-order valence-corrected chi connectivity index (χ4v) is 5.07. The van der Waals surface area contributed by atoms with E-state index in [4.69, 9.17) is 4.74 Å². The van der Waals surface area contributed by atoms with Gasteiger partial charge in [-0.2, -0.15) is 0 Å². The number of nitrogens with one attached hydrogen (secondary N) is 1. The number of benzene rings is 2. The van der Waals surface area contributed by atoms with E-state index in [0.29, 0.717) is 28.1 Å². The fourth-order valence-electron chi connectivity index (χ4n) is 4.04. The van der Waals surface area contributed by atoms with Crippen LogP contribution < -0.4 is 15.0 Å². The van der Waals surface area contributed by atoms with E-state index >= 15 is 0 Å². The highest BCUT2D eigenvalue weighted by Gasteiger charge is 2.36. The van der Waals surface area contributed by atoms with E-state index in [1.54, 1.807) is 6.07 Å². The van der Waals surface area contributed by atoms with Gasteiger partial charge in [-0.05, 0) is 54.2 Å². The van der Waals surface area contributed by atoms with Crippen LogP contribution in [-0.2, 0) is 10.0 Å². The van der Waals surface area contributed by atoms with Crippen LogP contribution in [0.2, 0.25) is 0 Å². The molecule has 170 valence electrons. The lowest BCUT2D eigenvalue weighted by atomic mass is 10.1. The summed E-state index contributed by atoms with van der Waals surface area (Å²) in [5, 5.41) is 4.02. The number of ether oxygens (including phenoxy) is 1. The first kappa shape index (κ1) is 21.2. The van der Waals surface area contributed by atoms with Gasteiger partial charge in [0.15, 0.2) is 5.82 Å². The lowest BCUT2D eigenvalue weighted by Gasteiger charge is -2.16. The topological polar surface area (TPSA) is 103 Å². The summed E-state index contributed by atoms with van der Waals surface area (Å²) in [5.41, 5.74) is 0.833. The van der Waals surface area contributed by atoms with Crippen molar-refractivity contribution in [1.29, 1.82) is 0 Å². The van der Waals surface area contributed by atoms with Gasteiger partial charge < -0.3 is 9.26 Å². The van der Waals surface area contributed by atoms with Gasteiger partial charge >= 0.3 is 0 Å². The van der Waals surface area contributed by atoms with Crippen molar-refractivity contribution in [1.82, 2.24) is 9.72 Å². The molecule has 0 radical (unpaired) electrons. The first-order chi connectivity index (χ1) is 15.8. The number of nitrogens with zero attached hydrogens (tertiary/aromatic N) is 2. The molecular weight excluding hydrogens is 449 g/mol. The van der Waals surface area contributed by atoms with Gasteiger partial charge in [-0.15, -0.1) is 0 Å². The van der Waals surface area contributed by atoms with Crippen LogP contribution in [0.5, 0.6) is 5.75 Å². The van der Waals surface area contributed by atoms with Crippen LogP contribution in [0.15, 0.2) is 69.0 Å². The average Bonchev–Trinajstić information content (AvgIpc) is 3.28. The molecule has 0 bridgehead atoms. The minimum Gasteiger partial charge on any atom is -0.495 e. The third-order valence-electron chi connectivity index (χ3n) is 5.90. The smallest absolute Gasteiger partial charge is 0.263 e. The Morgan fingerprint density at radius 1 is 1.18 bits per heavy atom. The maximum absolute atomic E-state index is 15.0. The molecule has 0 saturated heterocycles. The van der Waals surface area contributed by atoms with Gasteiger partial charge in [-0.1, -0.05) is 12.1 Å². The first-order valence-electron chi connectivity index (χ1n) is 10.3. The zero-order chi connectivity index (χ0) is 23.3. The van der Waals surface area contributed by atoms with Gasteiger partial charge in [-0.25, -0.2) is 12.8 Å². The molecule has 1 saturated carbocycles. The SMILES string of the molecule is COc1cc([C@H]2C[C@@H]2C)c(F)cc1-n1c(=O)ccc2cc(S(=O)(=O)Nc3ccon3)ccc21. The average molecular weight is 469 g/mol. The number of hydrogen-bond donors (Lipinski definition) is 1. The molecule has 33 heavy (non-hydrogen) atoms. The number of halogens is 1. The Hall–Kier alpha value is -3.66. The molecule has 2 atom stereocenters.